The zero-order valence-corrected chi connectivity index (χ0v) is 11.2. The highest BCUT2D eigenvalue weighted by Crippen LogP contribution is 2.42. The molecule has 0 radical (unpaired) electrons. The van der Waals surface area contributed by atoms with Crippen LogP contribution in [0.1, 0.15) is 20.3 Å². The van der Waals surface area contributed by atoms with E-state index in [0.717, 1.165) is 0 Å². The highest BCUT2D eigenvalue weighted by molar-refractivity contribution is 6.10. The molecule has 0 aromatic carbocycles. The van der Waals surface area contributed by atoms with Gasteiger partial charge in [-0.05, 0) is 13.8 Å². The number of hydrogen-bond donors (Lipinski definition) is 1. The van der Waals surface area contributed by atoms with Crippen LogP contribution in [0.25, 0.3) is 0 Å². The van der Waals surface area contributed by atoms with Gasteiger partial charge in [-0.25, -0.2) is 0 Å². The number of imide groups is 1. The molecule has 2 rings (SSSR count). The number of carbonyl (C=O) groups excluding carboxylic acids is 4. The van der Waals surface area contributed by atoms with E-state index in [2.05, 4.69) is 5.32 Å². The summed E-state index contributed by atoms with van der Waals surface area (Å²) in [7, 11) is 0. The maximum atomic E-state index is 12.1. The molecule has 1 N–H and O–H groups in total. The predicted octanol–water partition coefficient (Wildman–Crippen LogP) is 0.282. The maximum Gasteiger partial charge on any atom is 0.313 e. The first-order valence-corrected chi connectivity index (χ1v) is 6.28. The van der Waals surface area contributed by atoms with Gasteiger partial charge < -0.3 is 4.74 Å². The van der Waals surface area contributed by atoms with Gasteiger partial charge in [0.15, 0.2) is 0 Å². The Labute approximate surface area is 115 Å². The molecule has 0 saturated carbocycles. The molecule has 3 atom stereocenters. The molecular weight excluding hydrogens is 262 g/mol. The second-order valence-electron chi connectivity index (χ2n) is 4.98. The van der Waals surface area contributed by atoms with Gasteiger partial charge in [0.2, 0.25) is 11.8 Å². The highest BCUT2D eigenvalue weighted by atomic mass is 16.5. The van der Waals surface area contributed by atoms with Crippen molar-refractivity contribution in [2.45, 2.75) is 26.4 Å². The molecule has 3 unspecified atom stereocenters. The van der Waals surface area contributed by atoms with E-state index in [-0.39, 0.29) is 12.2 Å². The third-order valence-electron chi connectivity index (χ3n) is 3.59. The molecule has 6 nitrogen and oxygen atoms in total. The lowest BCUT2D eigenvalue weighted by Gasteiger charge is -2.33. The van der Waals surface area contributed by atoms with E-state index in [0.29, 0.717) is 0 Å². The van der Waals surface area contributed by atoms with Crippen molar-refractivity contribution in [3.63, 3.8) is 0 Å². The van der Waals surface area contributed by atoms with E-state index in [4.69, 9.17) is 4.74 Å². The standard InChI is InChI=1S/C14H15NO5/c1-8(16)7-11(17)20-9(2)14-6-4-3-5-10(14)12(18)15-13(14)19/h3-6,9-10H,7H2,1-2H3,(H,15,18,19). The number of Topliss-reactive ketones (excluding diaryl/α,β-unsaturated/α-hetero) is 1. The molecule has 1 aliphatic carbocycles. The molecule has 2 aliphatic rings. The SMILES string of the molecule is CC(=O)CC(=O)OC(C)C12C=CC=CC1C(=O)NC2=O. The molecule has 0 spiro atoms. The van der Waals surface area contributed by atoms with E-state index in [9.17, 15) is 19.2 Å². The van der Waals surface area contributed by atoms with E-state index in [1.54, 1.807) is 31.2 Å². The molecule has 20 heavy (non-hydrogen) atoms. The van der Waals surface area contributed by atoms with Crippen LogP contribution in [0.4, 0.5) is 0 Å². The van der Waals surface area contributed by atoms with Crippen LogP contribution in [-0.4, -0.2) is 29.7 Å². The average Bonchev–Trinajstić information content (AvgIpc) is 2.62. The Hall–Kier alpha value is -2.24. The molecule has 6 heteroatoms. The second-order valence-corrected chi connectivity index (χ2v) is 4.98. The van der Waals surface area contributed by atoms with Crippen molar-refractivity contribution in [3.05, 3.63) is 24.3 Å². The minimum atomic E-state index is -1.22. The molecule has 1 fully saturated rings. The highest BCUT2D eigenvalue weighted by Gasteiger charge is 2.57. The number of carbonyl (C=O) groups is 4. The molecule has 1 saturated heterocycles. The zero-order valence-electron chi connectivity index (χ0n) is 11.2. The van der Waals surface area contributed by atoms with Crippen LogP contribution in [0.2, 0.25) is 0 Å². The van der Waals surface area contributed by atoms with Crippen LogP contribution in [0.5, 0.6) is 0 Å². The molecule has 1 aliphatic heterocycles. The Morgan fingerprint density at radius 2 is 2.10 bits per heavy atom. The molecule has 1 heterocycles. The number of rotatable bonds is 4. The van der Waals surface area contributed by atoms with E-state index in [1.807, 2.05) is 0 Å². The lowest BCUT2D eigenvalue weighted by molar-refractivity contribution is -0.157. The summed E-state index contributed by atoms with van der Waals surface area (Å²) < 4.78 is 5.17. The van der Waals surface area contributed by atoms with E-state index < -0.39 is 35.2 Å². The number of amides is 2. The Bertz CT molecular complexity index is 548. The number of hydrogen-bond acceptors (Lipinski definition) is 5. The van der Waals surface area contributed by atoms with Crippen molar-refractivity contribution >= 4 is 23.6 Å². The summed E-state index contributed by atoms with van der Waals surface area (Å²) in [5.41, 5.74) is -1.22. The molecule has 106 valence electrons. The quantitative estimate of drug-likeness (QED) is 0.453. The predicted molar refractivity (Wildman–Crippen MR) is 68.2 cm³/mol. The first-order chi connectivity index (χ1) is 9.37. The van der Waals surface area contributed by atoms with Crippen molar-refractivity contribution in [2.24, 2.45) is 11.3 Å². The van der Waals surface area contributed by atoms with Crippen LogP contribution in [0.15, 0.2) is 24.3 Å². The summed E-state index contributed by atoms with van der Waals surface area (Å²) in [6.45, 7) is 2.83. The van der Waals surface area contributed by atoms with Gasteiger partial charge in [-0.2, -0.15) is 0 Å². The Morgan fingerprint density at radius 3 is 2.75 bits per heavy atom. The van der Waals surface area contributed by atoms with Crippen molar-refractivity contribution in [3.8, 4) is 0 Å². The van der Waals surface area contributed by atoms with Gasteiger partial charge in [0.25, 0.3) is 0 Å². The van der Waals surface area contributed by atoms with Crippen LogP contribution < -0.4 is 5.32 Å². The number of ether oxygens (including phenoxy) is 1. The summed E-state index contributed by atoms with van der Waals surface area (Å²) in [6.07, 6.45) is 5.31. The normalized spacial score (nSPS) is 28.8. The minimum Gasteiger partial charge on any atom is -0.461 e. The number of esters is 1. The smallest absolute Gasteiger partial charge is 0.313 e. The molecular formula is C14H15NO5. The second kappa shape index (κ2) is 5.03. The summed E-state index contributed by atoms with van der Waals surface area (Å²) >= 11 is 0. The fraction of sp³-hybridized carbons (Fsp3) is 0.429. The molecule has 2 amide bonds. The maximum absolute atomic E-state index is 12.1. The fourth-order valence-corrected chi connectivity index (χ4v) is 2.58. The third kappa shape index (κ3) is 2.17. The lowest BCUT2D eigenvalue weighted by atomic mass is 9.71. The fourth-order valence-electron chi connectivity index (χ4n) is 2.58. The van der Waals surface area contributed by atoms with Crippen molar-refractivity contribution in [1.29, 1.82) is 0 Å². The third-order valence-corrected chi connectivity index (χ3v) is 3.59. The van der Waals surface area contributed by atoms with Crippen LogP contribution in [-0.2, 0) is 23.9 Å². The molecule has 0 bridgehead atoms. The van der Waals surface area contributed by atoms with Crippen LogP contribution in [0, 0.1) is 11.3 Å². The lowest BCUT2D eigenvalue weighted by Crippen LogP contribution is -2.45. The van der Waals surface area contributed by atoms with Gasteiger partial charge in [-0.3, -0.25) is 24.5 Å². The molecule has 0 aromatic rings. The van der Waals surface area contributed by atoms with Gasteiger partial charge in [-0.1, -0.05) is 24.3 Å². The zero-order chi connectivity index (χ0) is 14.9. The van der Waals surface area contributed by atoms with Crippen molar-refractivity contribution < 1.29 is 23.9 Å². The van der Waals surface area contributed by atoms with Crippen LogP contribution in [0.3, 0.4) is 0 Å². The van der Waals surface area contributed by atoms with E-state index in [1.165, 1.54) is 6.92 Å². The monoisotopic (exact) mass is 277 g/mol. The minimum absolute atomic E-state index is 0.317. The first kappa shape index (κ1) is 14.2. The molecule has 0 aromatic heterocycles. The number of fused-ring (bicyclic) bond motifs is 1. The summed E-state index contributed by atoms with van der Waals surface area (Å²) in [6, 6.07) is 0. The number of nitrogens with one attached hydrogen (secondary N) is 1. The van der Waals surface area contributed by atoms with Gasteiger partial charge in [0.1, 0.15) is 23.7 Å². The Balaban J connectivity index is 2.24. The van der Waals surface area contributed by atoms with Gasteiger partial charge in [-0.15, -0.1) is 0 Å². The van der Waals surface area contributed by atoms with Crippen LogP contribution >= 0.6 is 0 Å². The largest absolute Gasteiger partial charge is 0.461 e. The average molecular weight is 277 g/mol. The summed E-state index contributed by atoms with van der Waals surface area (Å²) in [4.78, 5) is 46.4. The first-order valence-electron chi connectivity index (χ1n) is 6.28. The van der Waals surface area contributed by atoms with Crippen molar-refractivity contribution in [1.82, 2.24) is 5.32 Å². The number of allylic oxidation sites excluding steroid dienone is 2. The Morgan fingerprint density at radius 1 is 1.40 bits per heavy atom. The topological polar surface area (TPSA) is 89.5 Å². The Kier molecular flexibility index (Phi) is 3.57. The van der Waals surface area contributed by atoms with Crippen molar-refractivity contribution in [2.75, 3.05) is 0 Å². The summed E-state index contributed by atoms with van der Waals surface area (Å²) in [5.74, 6) is -2.61. The van der Waals surface area contributed by atoms with Gasteiger partial charge in [0, 0.05) is 0 Å². The summed E-state index contributed by atoms with van der Waals surface area (Å²) in [5, 5.41) is 2.26. The number of ketones is 1. The van der Waals surface area contributed by atoms with Gasteiger partial charge >= 0.3 is 5.97 Å². The van der Waals surface area contributed by atoms with E-state index >= 15 is 0 Å². The van der Waals surface area contributed by atoms with Gasteiger partial charge in [0.05, 0.1) is 5.92 Å².